The van der Waals surface area contributed by atoms with E-state index < -0.39 is 0 Å². The van der Waals surface area contributed by atoms with E-state index in [1.165, 1.54) is 0 Å². The highest BCUT2D eigenvalue weighted by atomic mass is 79.9. The van der Waals surface area contributed by atoms with Crippen molar-refractivity contribution < 1.29 is 0 Å². The van der Waals surface area contributed by atoms with Gasteiger partial charge in [-0.2, -0.15) is 5.26 Å². The summed E-state index contributed by atoms with van der Waals surface area (Å²) in [7, 11) is 0. The number of hydrogen-bond donors (Lipinski definition) is 1. The molecule has 2 aromatic heterocycles. The normalized spacial score (nSPS) is 10.8. The number of nitriles is 1. The van der Waals surface area contributed by atoms with E-state index in [1.807, 2.05) is 42.7 Å². The van der Waals surface area contributed by atoms with E-state index in [2.05, 4.69) is 27.0 Å². The van der Waals surface area contributed by atoms with Crippen molar-refractivity contribution >= 4 is 32.7 Å². The largest absolute Gasteiger partial charge is 0.384 e. The van der Waals surface area contributed by atoms with Gasteiger partial charge in [0.2, 0.25) is 0 Å². The standard InChI is InChI=1S/C16H13BrN4/c1-9-10(2)21(16(19)13(9)7-18)14-5-3-4-11-6-12(17)8-20-15(11)14/h3-6,8H,19H2,1-2H3. The van der Waals surface area contributed by atoms with Gasteiger partial charge in [0.1, 0.15) is 11.9 Å². The Kier molecular flexibility index (Phi) is 3.19. The van der Waals surface area contributed by atoms with E-state index in [1.54, 1.807) is 6.20 Å². The molecule has 0 fully saturated rings. The minimum absolute atomic E-state index is 0.463. The summed E-state index contributed by atoms with van der Waals surface area (Å²) in [6, 6.07) is 10.1. The number of nitrogen functional groups attached to an aromatic ring is 1. The number of nitrogens with two attached hydrogens (primary N) is 1. The highest BCUT2D eigenvalue weighted by molar-refractivity contribution is 9.10. The first-order valence-electron chi connectivity index (χ1n) is 6.46. The van der Waals surface area contributed by atoms with Crippen LogP contribution in [0.4, 0.5) is 5.82 Å². The van der Waals surface area contributed by atoms with E-state index in [0.717, 1.165) is 32.3 Å². The summed E-state index contributed by atoms with van der Waals surface area (Å²) in [5.41, 5.74) is 10.3. The highest BCUT2D eigenvalue weighted by Crippen LogP contribution is 2.31. The number of fused-ring (bicyclic) bond motifs is 1. The second-order valence-electron chi connectivity index (χ2n) is 4.92. The van der Waals surface area contributed by atoms with Crippen molar-refractivity contribution in [2.24, 2.45) is 0 Å². The highest BCUT2D eigenvalue weighted by Gasteiger charge is 2.18. The molecule has 1 aromatic carbocycles. The van der Waals surface area contributed by atoms with Gasteiger partial charge < -0.3 is 5.73 Å². The number of para-hydroxylation sites is 1. The fourth-order valence-corrected chi connectivity index (χ4v) is 2.93. The SMILES string of the molecule is Cc1c(C#N)c(N)n(-c2cccc3cc(Br)cnc23)c1C. The smallest absolute Gasteiger partial charge is 0.126 e. The Hall–Kier alpha value is -2.32. The monoisotopic (exact) mass is 340 g/mol. The number of rotatable bonds is 1. The number of nitrogens with zero attached hydrogens (tertiary/aromatic N) is 3. The lowest BCUT2D eigenvalue weighted by molar-refractivity contribution is 1.02. The van der Waals surface area contributed by atoms with Crippen molar-refractivity contribution in [3.63, 3.8) is 0 Å². The zero-order valence-electron chi connectivity index (χ0n) is 11.7. The zero-order chi connectivity index (χ0) is 15.1. The molecule has 0 radical (unpaired) electrons. The Bertz CT molecular complexity index is 903. The van der Waals surface area contributed by atoms with Gasteiger partial charge in [0.05, 0.1) is 16.8 Å². The summed E-state index contributed by atoms with van der Waals surface area (Å²) < 4.78 is 2.83. The summed E-state index contributed by atoms with van der Waals surface area (Å²) >= 11 is 3.43. The number of anilines is 1. The van der Waals surface area contributed by atoms with Crippen molar-refractivity contribution in [2.75, 3.05) is 5.73 Å². The summed E-state index contributed by atoms with van der Waals surface area (Å²) in [5, 5.41) is 10.3. The van der Waals surface area contributed by atoms with Gasteiger partial charge in [0.25, 0.3) is 0 Å². The molecule has 0 aliphatic carbocycles. The number of aromatic nitrogens is 2. The van der Waals surface area contributed by atoms with E-state index in [9.17, 15) is 5.26 Å². The van der Waals surface area contributed by atoms with E-state index in [-0.39, 0.29) is 0 Å². The summed E-state index contributed by atoms with van der Waals surface area (Å²) in [4.78, 5) is 4.50. The van der Waals surface area contributed by atoms with Crippen LogP contribution in [0.15, 0.2) is 34.9 Å². The number of pyridine rings is 1. The molecule has 3 rings (SSSR count). The van der Waals surface area contributed by atoms with Crippen LogP contribution < -0.4 is 5.73 Å². The van der Waals surface area contributed by atoms with Crippen LogP contribution in [0, 0.1) is 25.2 Å². The first-order valence-corrected chi connectivity index (χ1v) is 7.26. The number of hydrogen-bond acceptors (Lipinski definition) is 3. The molecule has 0 aliphatic rings. The molecule has 2 N–H and O–H groups in total. The van der Waals surface area contributed by atoms with Gasteiger partial charge in [-0.15, -0.1) is 0 Å². The predicted octanol–water partition coefficient (Wildman–Crippen LogP) is 3.86. The third-order valence-corrected chi connectivity index (χ3v) is 4.19. The molecule has 0 spiro atoms. The van der Waals surface area contributed by atoms with E-state index in [4.69, 9.17) is 5.73 Å². The lowest BCUT2D eigenvalue weighted by Gasteiger charge is -2.12. The lowest BCUT2D eigenvalue weighted by Crippen LogP contribution is -2.04. The van der Waals surface area contributed by atoms with Gasteiger partial charge in [-0.1, -0.05) is 12.1 Å². The fourth-order valence-electron chi connectivity index (χ4n) is 2.58. The molecule has 21 heavy (non-hydrogen) atoms. The molecular formula is C16H13BrN4. The summed E-state index contributed by atoms with van der Waals surface area (Å²) in [6.45, 7) is 3.88. The molecule has 0 saturated carbocycles. The van der Waals surface area contributed by atoms with Gasteiger partial charge in [0.15, 0.2) is 0 Å². The van der Waals surface area contributed by atoms with Crippen LogP contribution in [0.25, 0.3) is 16.6 Å². The van der Waals surface area contributed by atoms with Crippen LogP contribution in [0.1, 0.15) is 16.8 Å². The van der Waals surface area contributed by atoms with Crippen molar-refractivity contribution in [3.05, 3.63) is 51.8 Å². The van der Waals surface area contributed by atoms with Gasteiger partial charge in [0, 0.05) is 21.7 Å². The summed E-state index contributed by atoms with van der Waals surface area (Å²) in [5.74, 6) is 0.463. The molecular weight excluding hydrogens is 328 g/mol. The second kappa shape index (κ2) is 4.90. The van der Waals surface area contributed by atoms with E-state index >= 15 is 0 Å². The molecule has 0 saturated heterocycles. The van der Waals surface area contributed by atoms with Gasteiger partial charge >= 0.3 is 0 Å². The Morgan fingerprint density at radius 3 is 2.76 bits per heavy atom. The minimum Gasteiger partial charge on any atom is -0.384 e. The molecule has 4 nitrogen and oxygen atoms in total. The first-order chi connectivity index (χ1) is 10.0. The maximum Gasteiger partial charge on any atom is 0.126 e. The fraction of sp³-hybridized carbons (Fsp3) is 0.125. The molecule has 3 aromatic rings. The molecule has 0 atom stereocenters. The topological polar surface area (TPSA) is 67.6 Å². The summed E-state index contributed by atoms with van der Waals surface area (Å²) in [6.07, 6.45) is 1.76. The Labute approximate surface area is 131 Å². The van der Waals surface area contributed by atoms with Gasteiger partial charge in [-0.05, 0) is 47.5 Å². The van der Waals surface area contributed by atoms with Crippen LogP contribution in [0.2, 0.25) is 0 Å². The Morgan fingerprint density at radius 1 is 1.33 bits per heavy atom. The van der Waals surface area contributed by atoms with Crippen LogP contribution in [0.5, 0.6) is 0 Å². The Balaban J connectivity index is 2.40. The molecule has 5 heteroatoms. The van der Waals surface area contributed by atoms with Gasteiger partial charge in [-0.25, -0.2) is 0 Å². The molecule has 2 heterocycles. The number of halogens is 1. The zero-order valence-corrected chi connectivity index (χ0v) is 13.3. The number of benzene rings is 1. The average molecular weight is 341 g/mol. The third kappa shape index (κ3) is 1.99. The van der Waals surface area contributed by atoms with Crippen LogP contribution in [-0.4, -0.2) is 9.55 Å². The molecule has 0 bridgehead atoms. The first kappa shape index (κ1) is 13.7. The molecule has 0 aliphatic heterocycles. The Morgan fingerprint density at radius 2 is 2.10 bits per heavy atom. The maximum atomic E-state index is 9.27. The second-order valence-corrected chi connectivity index (χ2v) is 5.84. The average Bonchev–Trinajstić information content (AvgIpc) is 2.68. The maximum absolute atomic E-state index is 9.27. The third-order valence-electron chi connectivity index (χ3n) is 3.76. The molecule has 0 amide bonds. The molecule has 0 unspecified atom stereocenters. The minimum atomic E-state index is 0.463. The van der Waals surface area contributed by atoms with Crippen molar-refractivity contribution in [3.8, 4) is 11.8 Å². The predicted molar refractivity (Wildman–Crippen MR) is 87.4 cm³/mol. The van der Waals surface area contributed by atoms with Crippen molar-refractivity contribution in [1.29, 1.82) is 5.26 Å². The van der Waals surface area contributed by atoms with E-state index in [0.29, 0.717) is 11.4 Å². The lowest BCUT2D eigenvalue weighted by atomic mass is 10.2. The molecule has 104 valence electrons. The van der Waals surface area contributed by atoms with Crippen LogP contribution in [0.3, 0.4) is 0 Å². The van der Waals surface area contributed by atoms with Crippen molar-refractivity contribution in [1.82, 2.24) is 9.55 Å². The van der Waals surface area contributed by atoms with Crippen LogP contribution >= 0.6 is 15.9 Å². The van der Waals surface area contributed by atoms with Crippen LogP contribution in [-0.2, 0) is 0 Å². The quantitative estimate of drug-likeness (QED) is 0.731. The van der Waals surface area contributed by atoms with Crippen molar-refractivity contribution in [2.45, 2.75) is 13.8 Å². The van der Waals surface area contributed by atoms with Gasteiger partial charge in [-0.3, -0.25) is 9.55 Å².